The number of carbonyl (C=O) groups is 2. The van der Waals surface area contributed by atoms with E-state index in [9.17, 15) is 18.0 Å². The van der Waals surface area contributed by atoms with E-state index in [-0.39, 0.29) is 17.9 Å². The summed E-state index contributed by atoms with van der Waals surface area (Å²) in [6, 6.07) is 23.1. The van der Waals surface area contributed by atoms with Crippen LogP contribution in [0, 0.1) is 0 Å². The van der Waals surface area contributed by atoms with Crippen LogP contribution < -0.4 is 9.62 Å². The van der Waals surface area contributed by atoms with E-state index in [1.807, 2.05) is 54.6 Å². The number of fused-ring (bicyclic) bond motifs is 1. The maximum absolute atomic E-state index is 13.6. The van der Waals surface area contributed by atoms with Gasteiger partial charge in [0.1, 0.15) is 31.3 Å². The second kappa shape index (κ2) is 11.3. The number of rotatable bonds is 8. The highest BCUT2D eigenvalue weighted by atomic mass is 79.9. The van der Waals surface area contributed by atoms with Crippen LogP contribution in [0.2, 0.25) is 0 Å². The van der Waals surface area contributed by atoms with Crippen LogP contribution in [-0.2, 0) is 31.0 Å². The third-order valence-electron chi connectivity index (χ3n) is 5.93. The van der Waals surface area contributed by atoms with E-state index in [1.165, 1.54) is 19.1 Å². The Bertz CT molecular complexity index is 1380. The zero-order valence-corrected chi connectivity index (χ0v) is 22.0. The van der Waals surface area contributed by atoms with Crippen molar-refractivity contribution in [2.24, 2.45) is 0 Å². The molecule has 0 aliphatic carbocycles. The summed E-state index contributed by atoms with van der Waals surface area (Å²) in [7, 11) is -3.91. The molecule has 0 saturated heterocycles. The van der Waals surface area contributed by atoms with Crippen molar-refractivity contribution in [3.8, 4) is 0 Å². The summed E-state index contributed by atoms with van der Waals surface area (Å²) in [4.78, 5) is 26.8. The Morgan fingerprint density at radius 3 is 2.28 bits per heavy atom. The van der Waals surface area contributed by atoms with Crippen molar-refractivity contribution < 1.29 is 27.6 Å². The second-order valence-corrected chi connectivity index (χ2v) is 11.0. The van der Waals surface area contributed by atoms with E-state index in [0.717, 1.165) is 16.7 Å². The minimum atomic E-state index is -3.91. The van der Waals surface area contributed by atoms with Gasteiger partial charge >= 0.3 is 11.9 Å². The summed E-state index contributed by atoms with van der Waals surface area (Å²) in [5.74, 6) is -0.866. The number of halogens is 1. The first kappa shape index (κ1) is 26.0. The number of benzene rings is 3. The first-order valence-corrected chi connectivity index (χ1v) is 13.7. The van der Waals surface area contributed by atoms with Gasteiger partial charge in [-0.1, -0.05) is 72.8 Å². The molecule has 4 rings (SSSR count). The SMILES string of the molecule is CC(NS(=O)(=O)c1ccccc1)C(=O)[NH+]1C=C(Br)c2ccccc2C1CC(=O)OCc1ccccc1. The van der Waals surface area contributed by atoms with Crippen molar-refractivity contribution in [1.82, 2.24) is 4.72 Å². The number of ether oxygens (including phenoxy) is 1. The minimum absolute atomic E-state index is 0.0557. The molecule has 36 heavy (non-hydrogen) atoms. The van der Waals surface area contributed by atoms with Crippen molar-refractivity contribution in [2.75, 3.05) is 0 Å². The Morgan fingerprint density at radius 1 is 0.972 bits per heavy atom. The third-order valence-corrected chi connectivity index (χ3v) is 8.14. The molecule has 3 atom stereocenters. The molecule has 0 saturated carbocycles. The predicted molar refractivity (Wildman–Crippen MR) is 139 cm³/mol. The number of carbonyl (C=O) groups excluding carboxylic acids is 2. The Morgan fingerprint density at radius 2 is 1.58 bits per heavy atom. The van der Waals surface area contributed by atoms with Gasteiger partial charge < -0.3 is 4.74 Å². The lowest BCUT2D eigenvalue weighted by Gasteiger charge is -2.30. The molecule has 1 amide bonds. The molecule has 1 aliphatic heterocycles. The van der Waals surface area contributed by atoms with E-state index < -0.39 is 34.0 Å². The highest BCUT2D eigenvalue weighted by Crippen LogP contribution is 2.31. The normalized spacial score (nSPS) is 18.0. The van der Waals surface area contributed by atoms with Gasteiger partial charge in [-0.05, 0) is 40.5 Å². The van der Waals surface area contributed by atoms with Crippen molar-refractivity contribution in [3.05, 3.63) is 108 Å². The topological polar surface area (TPSA) is 94.0 Å². The van der Waals surface area contributed by atoms with Gasteiger partial charge in [-0.2, -0.15) is 4.72 Å². The number of nitrogens with one attached hydrogen (secondary N) is 2. The van der Waals surface area contributed by atoms with Crippen LogP contribution in [0.25, 0.3) is 4.48 Å². The molecular formula is C27H26BrN2O5S+. The minimum Gasteiger partial charge on any atom is -0.461 e. The predicted octanol–water partition coefficient (Wildman–Crippen LogP) is 3.35. The lowest BCUT2D eigenvalue weighted by atomic mass is 9.93. The van der Waals surface area contributed by atoms with Crippen LogP contribution in [0.15, 0.2) is 96.0 Å². The van der Waals surface area contributed by atoms with Gasteiger partial charge in [0.15, 0.2) is 0 Å². The fraction of sp³-hybridized carbons (Fsp3) is 0.185. The second-order valence-electron chi connectivity index (χ2n) is 8.46. The van der Waals surface area contributed by atoms with Gasteiger partial charge in [0.2, 0.25) is 10.0 Å². The molecule has 0 bridgehead atoms. The molecule has 0 radical (unpaired) electrons. The molecule has 0 spiro atoms. The van der Waals surface area contributed by atoms with E-state index in [1.54, 1.807) is 24.4 Å². The van der Waals surface area contributed by atoms with E-state index in [4.69, 9.17) is 4.74 Å². The molecule has 1 heterocycles. The number of esters is 1. The standard InChI is InChI=1S/C27H25BrN2O5S/c1-19(29-36(33,34)21-12-6-3-7-13-21)27(32)30-17-24(28)22-14-8-9-15-23(22)25(30)16-26(31)35-18-20-10-4-2-5-11-20/h2-15,17,19,25,29H,16,18H2,1H3/p+1. The van der Waals surface area contributed by atoms with Crippen LogP contribution in [0.1, 0.15) is 36.1 Å². The van der Waals surface area contributed by atoms with Gasteiger partial charge in [-0.25, -0.2) is 18.1 Å². The van der Waals surface area contributed by atoms with Crippen molar-refractivity contribution in [3.63, 3.8) is 0 Å². The average Bonchev–Trinajstić information content (AvgIpc) is 2.89. The fourth-order valence-corrected chi connectivity index (χ4v) is 5.96. The molecule has 3 unspecified atom stereocenters. The number of sulfonamides is 1. The van der Waals surface area contributed by atoms with Crippen molar-refractivity contribution >= 4 is 42.3 Å². The molecule has 7 nitrogen and oxygen atoms in total. The summed E-state index contributed by atoms with van der Waals surface area (Å²) < 4.78 is 34.3. The molecule has 9 heteroatoms. The van der Waals surface area contributed by atoms with Crippen LogP contribution >= 0.6 is 15.9 Å². The molecule has 3 aromatic carbocycles. The Labute approximate surface area is 219 Å². The van der Waals surface area contributed by atoms with Crippen LogP contribution in [-0.4, -0.2) is 26.3 Å². The summed E-state index contributed by atoms with van der Waals surface area (Å²) >= 11 is 3.53. The van der Waals surface area contributed by atoms with Gasteiger partial charge in [0, 0.05) is 11.1 Å². The van der Waals surface area contributed by atoms with Crippen LogP contribution in [0.4, 0.5) is 0 Å². The maximum atomic E-state index is 13.6. The van der Waals surface area contributed by atoms with Gasteiger partial charge in [0.05, 0.1) is 9.38 Å². The number of hydrogen-bond donors (Lipinski definition) is 2. The number of quaternary nitrogens is 1. The van der Waals surface area contributed by atoms with Gasteiger partial charge in [-0.3, -0.25) is 4.79 Å². The molecule has 2 N–H and O–H groups in total. The lowest BCUT2D eigenvalue weighted by molar-refractivity contribution is -0.801. The Balaban J connectivity index is 1.56. The van der Waals surface area contributed by atoms with E-state index in [0.29, 0.717) is 9.38 Å². The highest BCUT2D eigenvalue weighted by molar-refractivity contribution is 9.15. The quantitative estimate of drug-likeness (QED) is 0.406. The summed E-state index contributed by atoms with van der Waals surface area (Å²) in [6.07, 6.45) is 1.62. The zero-order valence-electron chi connectivity index (χ0n) is 19.6. The fourth-order valence-electron chi connectivity index (χ4n) is 4.13. The Hall–Kier alpha value is -3.11. The maximum Gasteiger partial charge on any atom is 0.334 e. The zero-order chi connectivity index (χ0) is 25.7. The molecular weight excluding hydrogens is 544 g/mol. The van der Waals surface area contributed by atoms with E-state index >= 15 is 0 Å². The van der Waals surface area contributed by atoms with Gasteiger partial charge in [0.25, 0.3) is 0 Å². The van der Waals surface area contributed by atoms with Crippen molar-refractivity contribution in [2.45, 2.75) is 36.9 Å². The lowest BCUT2D eigenvalue weighted by Crippen LogP contribution is -3.13. The molecule has 0 aromatic heterocycles. The number of hydrogen-bond acceptors (Lipinski definition) is 5. The Kier molecular flexibility index (Phi) is 8.15. The van der Waals surface area contributed by atoms with Crippen molar-refractivity contribution in [1.29, 1.82) is 0 Å². The monoisotopic (exact) mass is 569 g/mol. The third kappa shape index (κ3) is 5.99. The van der Waals surface area contributed by atoms with Crippen LogP contribution in [0.3, 0.4) is 0 Å². The average molecular weight is 570 g/mol. The summed E-state index contributed by atoms with van der Waals surface area (Å²) in [6.45, 7) is 1.63. The summed E-state index contributed by atoms with van der Waals surface area (Å²) in [5.41, 5.74) is 2.53. The van der Waals surface area contributed by atoms with Gasteiger partial charge in [-0.15, -0.1) is 0 Å². The number of amides is 1. The summed E-state index contributed by atoms with van der Waals surface area (Å²) in [5, 5.41) is 0. The largest absolute Gasteiger partial charge is 0.461 e. The smallest absolute Gasteiger partial charge is 0.334 e. The highest BCUT2D eigenvalue weighted by Gasteiger charge is 2.40. The van der Waals surface area contributed by atoms with Crippen LogP contribution in [0.5, 0.6) is 0 Å². The first-order chi connectivity index (χ1) is 17.3. The van der Waals surface area contributed by atoms with E-state index in [2.05, 4.69) is 20.7 Å². The molecule has 1 aliphatic rings. The molecule has 0 fully saturated rings. The molecule has 186 valence electrons. The molecule has 3 aromatic rings. The first-order valence-electron chi connectivity index (χ1n) is 11.4.